The van der Waals surface area contributed by atoms with E-state index < -0.39 is 0 Å². The molecule has 2 aromatic rings. The molecular weight excluding hydrogens is 288 g/mol. The van der Waals surface area contributed by atoms with Crippen LogP contribution in [-0.4, -0.2) is 0 Å². The first kappa shape index (κ1) is 27.3. The molecular formula is C24H42. The Labute approximate surface area is 153 Å². The molecule has 0 radical (unpaired) electrons. The van der Waals surface area contributed by atoms with E-state index in [9.17, 15) is 0 Å². The Bertz CT molecular complexity index is 472. The SMILES string of the molecule is C.C.CC.Cc1cccc(C(C)C)c1.Cc1cccc(C(C)C)c1. The van der Waals surface area contributed by atoms with Crippen LogP contribution in [0.25, 0.3) is 0 Å². The third-order valence-corrected chi connectivity index (χ3v) is 3.42. The lowest BCUT2D eigenvalue weighted by atomic mass is 10.0. The van der Waals surface area contributed by atoms with Gasteiger partial charge in [-0.3, -0.25) is 0 Å². The van der Waals surface area contributed by atoms with E-state index in [1.54, 1.807) is 0 Å². The van der Waals surface area contributed by atoms with Crippen molar-refractivity contribution in [3.63, 3.8) is 0 Å². The van der Waals surface area contributed by atoms with Gasteiger partial charge in [0.15, 0.2) is 0 Å². The maximum absolute atomic E-state index is 2.24. The second-order valence-corrected chi connectivity index (χ2v) is 6.14. The van der Waals surface area contributed by atoms with Crippen molar-refractivity contribution in [2.24, 2.45) is 0 Å². The van der Waals surface area contributed by atoms with E-state index in [0.717, 1.165) is 0 Å². The van der Waals surface area contributed by atoms with Gasteiger partial charge in [-0.25, -0.2) is 0 Å². The first-order valence-electron chi connectivity index (χ1n) is 8.53. The lowest BCUT2D eigenvalue weighted by molar-refractivity contribution is 0.865. The fourth-order valence-corrected chi connectivity index (χ4v) is 2.06. The van der Waals surface area contributed by atoms with Crippen LogP contribution in [0.2, 0.25) is 0 Å². The summed E-state index contributed by atoms with van der Waals surface area (Å²) in [6, 6.07) is 17.3. The molecule has 2 rings (SSSR count). The summed E-state index contributed by atoms with van der Waals surface area (Å²) >= 11 is 0. The third kappa shape index (κ3) is 11.0. The van der Waals surface area contributed by atoms with Crippen molar-refractivity contribution >= 4 is 0 Å². The van der Waals surface area contributed by atoms with Gasteiger partial charge < -0.3 is 0 Å². The topological polar surface area (TPSA) is 0 Å². The Morgan fingerprint density at radius 3 is 1.04 bits per heavy atom. The van der Waals surface area contributed by atoms with Gasteiger partial charge in [0.05, 0.1) is 0 Å². The fourth-order valence-electron chi connectivity index (χ4n) is 2.06. The highest BCUT2D eigenvalue weighted by molar-refractivity contribution is 5.25. The molecule has 0 aliphatic rings. The summed E-state index contributed by atoms with van der Waals surface area (Å²) in [7, 11) is 0. The monoisotopic (exact) mass is 330 g/mol. The molecule has 0 amide bonds. The average Bonchev–Trinajstić information content (AvgIpc) is 2.50. The standard InChI is InChI=1S/2C10H14.C2H6.2CH4/c2*1-8(2)10-6-4-5-9(3)7-10;1-2;;/h2*4-8H,1-3H3;1-2H3;2*1H4. The van der Waals surface area contributed by atoms with Crippen molar-refractivity contribution in [2.45, 2.75) is 82.1 Å². The molecule has 0 heteroatoms. The van der Waals surface area contributed by atoms with Gasteiger partial charge in [-0.05, 0) is 36.8 Å². The number of aryl methyl sites for hydroxylation is 2. The summed E-state index contributed by atoms with van der Waals surface area (Å²) in [5.41, 5.74) is 5.57. The number of benzene rings is 2. The first-order chi connectivity index (χ1) is 10.4. The van der Waals surface area contributed by atoms with Crippen LogP contribution in [0.3, 0.4) is 0 Å². The van der Waals surface area contributed by atoms with Gasteiger partial charge in [-0.1, -0.05) is 116 Å². The van der Waals surface area contributed by atoms with Gasteiger partial charge in [-0.2, -0.15) is 0 Å². The predicted octanol–water partition coefficient (Wildman–Crippen LogP) is 8.54. The van der Waals surface area contributed by atoms with Crippen LogP contribution in [-0.2, 0) is 0 Å². The van der Waals surface area contributed by atoms with E-state index in [1.165, 1.54) is 22.3 Å². The lowest BCUT2D eigenvalue weighted by Crippen LogP contribution is -1.86. The molecule has 0 saturated carbocycles. The van der Waals surface area contributed by atoms with Crippen LogP contribution in [0.15, 0.2) is 48.5 Å². The molecule has 0 N–H and O–H groups in total. The molecule has 0 aliphatic heterocycles. The van der Waals surface area contributed by atoms with Crippen molar-refractivity contribution < 1.29 is 0 Å². The van der Waals surface area contributed by atoms with Crippen molar-refractivity contribution in [1.82, 2.24) is 0 Å². The average molecular weight is 331 g/mol. The minimum absolute atomic E-state index is 0. The molecule has 0 heterocycles. The van der Waals surface area contributed by atoms with Crippen LogP contribution in [0, 0.1) is 13.8 Å². The Morgan fingerprint density at radius 1 is 0.583 bits per heavy atom. The normalized spacial score (nSPS) is 8.92. The van der Waals surface area contributed by atoms with Gasteiger partial charge >= 0.3 is 0 Å². The van der Waals surface area contributed by atoms with Crippen LogP contribution < -0.4 is 0 Å². The molecule has 0 saturated heterocycles. The fraction of sp³-hybridized carbons (Fsp3) is 0.500. The van der Waals surface area contributed by atoms with E-state index in [4.69, 9.17) is 0 Å². The molecule has 0 fully saturated rings. The minimum Gasteiger partial charge on any atom is -0.0776 e. The zero-order chi connectivity index (χ0) is 17.1. The van der Waals surface area contributed by atoms with Crippen molar-refractivity contribution in [3.05, 3.63) is 70.8 Å². The Balaban J connectivity index is -0.000000310. The van der Waals surface area contributed by atoms with Crippen molar-refractivity contribution in [3.8, 4) is 0 Å². The van der Waals surface area contributed by atoms with Gasteiger partial charge in [0, 0.05) is 0 Å². The van der Waals surface area contributed by atoms with E-state index in [-0.39, 0.29) is 14.9 Å². The number of hydrogen-bond acceptors (Lipinski definition) is 0. The summed E-state index contributed by atoms with van der Waals surface area (Å²) in [5, 5.41) is 0. The molecule has 0 atom stereocenters. The third-order valence-electron chi connectivity index (χ3n) is 3.42. The van der Waals surface area contributed by atoms with Gasteiger partial charge in [-0.15, -0.1) is 0 Å². The molecule has 0 nitrogen and oxygen atoms in total. The molecule has 0 unspecified atom stereocenters. The van der Waals surface area contributed by atoms with Crippen LogP contribution >= 0.6 is 0 Å². The highest BCUT2D eigenvalue weighted by Gasteiger charge is 1.96. The summed E-state index contributed by atoms with van der Waals surface area (Å²) in [6.07, 6.45) is 0. The highest BCUT2D eigenvalue weighted by atomic mass is 14.0. The second-order valence-electron chi connectivity index (χ2n) is 6.14. The van der Waals surface area contributed by atoms with Crippen LogP contribution in [0.1, 0.15) is 90.5 Å². The van der Waals surface area contributed by atoms with Crippen LogP contribution in [0.5, 0.6) is 0 Å². The molecule has 138 valence electrons. The number of hydrogen-bond donors (Lipinski definition) is 0. The van der Waals surface area contributed by atoms with Gasteiger partial charge in [0.25, 0.3) is 0 Å². The second kappa shape index (κ2) is 15.0. The largest absolute Gasteiger partial charge is 0.0776 e. The molecule has 0 aromatic heterocycles. The van der Waals surface area contributed by atoms with Crippen molar-refractivity contribution in [1.29, 1.82) is 0 Å². The van der Waals surface area contributed by atoms with E-state index in [0.29, 0.717) is 11.8 Å². The molecule has 0 aliphatic carbocycles. The van der Waals surface area contributed by atoms with E-state index in [2.05, 4.69) is 90.1 Å². The zero-order valence-electron chi connectivity index (χ0n) is 15.8. The Hall–Kier alpha value is -1.56. The Kier molecular flexibility index (Phi) is 17.1. The lowest BCUT2D eigenvalue weighted by Gasteiger charge is -2.04. The summed E-state index contributed by atoms with van der Waals surface area (Å²) in [5.74, 6) is 1.31. The van der Waals surface area contributed by atoms with Crippen molar-refractivity contribution in [2.75, 3.05) is 0 Å². The quantitative estimate of drug-likeness (QED) is 0.517. The van der Waals surface area contributed by atoms with Crippen LogP contribution in [0.4, 0.5) is 0 Å². The summed E-state index contributed by atoms with van der Waals surface area (Å²) < 4.78 is 0. The van der Waals surface area contributed by atoms with Gasteiger partial charge in [0.1, 0.15) is 0 Å². The minimum atomic E-state index is 0. The predicted molar refractivity (Wildman–Crippen MR) is 115 cm³/mol. The first-order valence-corrected chi connectivity index (χ1v) is 8.53. The Morgan fingerprint density at radius 2 is 0.875 bits per heavy atom. The molecule has 2 aromatic carbocycles. The number of rotatable bonds is 2. The smallest absolute Gasteiger partial charge is 0.0219 e. The summed E-state index contributed by atoms with van der Waals surface area (Å²) in [6.45, 7) is 17.1. The van der Waals surface area contributed by atoms with E-state index in [1.807, 2.05) is 13.8 Å². The summed E-state index contributed by atoms with van der Waals surface area (Å²) in [4.78, 5) is 0. The maximum Gasteiger partial charge on any atom is -0.0219 e. The van der Waals surface area contributed by atoms with Gasteiger partial charge in [0.2, 0.25) is 0 Å². The maximum atomic E-state index is 2.24. The molecule has 0 bridgehead atoms. The zero-order valence-corrected chi connectivity index (χ0v) is 15.8. The molecule has 0 spiro atoms. The highest BCUT2D eigenvalue weighted by Crippen LogP contribution is 2.15. The molecule has 24 heavy (non-hydrogen) atoms. The van der Waals surface area contributed by atoms with E-state index >= 15 is 0 Å².